The lowest BCUT2D eigenvalue weighted by atomic mass is 10.5. The van der Waals surface area contributed by atoms with Crippen molar-refractivity contribution in [3.63, 3.8) is 0 Å². The molecule has 0 aliphatic heterocycles. The molecule has 0 saturated heterocycles. The van der Waals surface area contributed by atoms with Crippen molar-refractivity contribution in [2.75, 3.05) is 41.3 Å². The maximum absolute atomic E-state index is 13.0. The van der Waals surface area contributed by atoms with Gasteiger partial charge in [-0.2, -0.15) is 0 Å². The second-order valence-corrected chi connectivity index (χ2v) is 7.20. The monoisotopic (exact) mass is 247 g/mol. The quantitative estimate of drug-likeness (QED) is 0.674. The van der Waals surface area contributed by atoms with Crippen LogP contribution in [0.1, 0.15) is 20.8 Å². The van der Waals surface area contributed by atoms with Gasteiger partial charge in [-0.3, -0.25) is 4.57 Å². The minimum Gasteiger partial charge on any atom is -0.367 e. The third kappa shape index (κ3) is 2.88. The summed E-state index contributed by atoms with van der Waals surface area (Å²) in [5.41, 5.74) is 0.924. The molecule has 0 aliphatic rings. The van der Waals surface area contributed by atoms with Crippen LogP contribution >= 0.6 is 7.44 Å². The Labute approximate surface area is 100 Å². The Morgan fingerprint density at radius 2 is 1.44 bits per heavy atom. The third-order valence-electron chi connectivity index (χ3n) is 2.73. The van der Waals surface area contributed by atoms with E-state index in [4.69, 9.17) is 0 Å². The van der Waals surface area contributed by atoms with E-state index in [1.165, 1.54) is 0 Å². The smallest absolute Gasteiger partial charge is 0.260 e. The summed E-state index contributed by atoms with van der Waals surface area (Å²) in [6.07, 6.45) is 1.97. The Balaban J connectivity index is 5.43. The Bertz CT molecular complexity index is 271. The van der Waals surface area contributed by atoms with Gasteiger partial charge in [0, 0.05) is 13.1 Å². The molecule has 0 N–H and O–H groups in total. The third-order valence-corrected chi connectivity index (χ3v) is 6.04. The Kier molecular flexibility index (Phi) is 6.31. The molecule has 0 aromatic heterocycles. The number of rotatable bonds is 6. The first-order valence-electron chi connectivity index (χ1n) is 5.73. The van der Waals surface area contributed by atoms with E-state index in [-0.39, 0.29) is 0 Å². The van der Waals surface area contributed by atoms with Crippen LogP contribution in [0.4, 0.5) is 0 Å². The first kappa shape index (κ1) is 15.7. The summed E-state index contributed by atoms with van der Waals surface area (Å²) >= 11 is 0. The average molecular weight is 247 g/mol. The summed E-state index contributed by atoms with van der Waals surface area (Å²) < 4.78 is 16.7. The highest BCUT2D eigenvalue weighted by molar-refractivity contribution is 7.63. The normalized spacial score (nSPS) is 13.7. The summed E-state index contributed by atoms with van der Waals surface area (Å²) in [7, 11) is 4.87. The fourth-order valence-electron chi connectivity index (χ4n) is 1.85. The molecule has 5 heteroatoms. The molecule has 0 spiro atoms. The second kappa shape index (κ2) is 6.43. The van der Waals surface area contributed by atoms with Crippen LogP contribution in [0.3, 0.4) is 0 Å². The molecule has 96 valence electrons. The van der Waals surface area contributed by atoms with Crippen molar-refractivity contribution in [2.24, 2.45) is 0 Å². The van der Waals surface area contributed by atoms with E-state index in [0.29, 0.717) is 0 Å². The lowest BCUT2D eigenvalue weighted by Gasteiger charge is -2.37. The molecular formula is C11H26N3OP. The maximum Gasteiger partial charge on any atom is 0.260 e. The molecule has 0 rings (SSSR count). The van der Waals surface area contributed by atoms with Crippen LogP contribution in [0.2, 0.25) is 0 Å². The predicted molar refractivity (Wildman–Crippen MR) is 71.7 cm³/mol. The lowest BCUT2D eigenvalue weighted by Crippen LogP contribution is -2.31. The first-order valence-corrected chi connectivity index (χ1v) is 7.34. The topological polar surface area (TPSA) is 26.8 Å². The van der Waals surface area contributed by atoms with E-state index in [0.717, 1.165) is 18.5 Å². The molecule has 0 fully saturated rings. The van der Waals surface area contributed by atoms with Crippen LogP contribution in [-0.4, -0.2) is 55.5 Å². The molecule has 0 radical (unpaired) electrons. The van der Waals surface area contributed by atoms with Gasteiger partial charge in [-0.05, 0) is 49.0 Å². The number of nitrogens with zero attached hydrogens (tertiary/aromatic N) is 3. The van der Waals surface area contributed by atoms with Gasteiger partial charge >= 0.3 is 0 Å². The standard InChI is InChI=1S/C11H26N3OP/c1-8-11(14(9-2)10-3)16(15,12(4)5)13(6)7/h8H,9-10H2,1-7H3. The summed E-state index contributed by atoms with van der Waals surface area (Å²) in [5, 5.41) is 0. The zero-order chi connectivity index (χ0) is 12.9. The first-order chi connectivity index (χ1) is 7.35. The molecule has 0 heterocycles. The van der Waals surface area contributed by atoms with Gasteiger partial charge in [0.05, 0.1) is 5.44 Å². The lowest BCUT2D eigenvalue weighted by molar-refractivity contribution is 0.374. The number of hydrogen-bond donors (Lipinski definition) is 0. The molecular weight excluding hydrogens is 221 g/mol. The van der Waals surface area contributed by atoms with Gasteiger partial charge in [-0.25, -0.2) is 9.34 Å². The van der Waals surface area contributed by atoms with Crippen LogP contribution in [0.15, 0.2) is 11.5 Å². The van der Waals surface area contributed by atoms with E-state index in [2.05, 4.69) is 18.7 Å². The fraction of sp³-hybridized carbons (Fsp3) is 0.818. The van der Waals surface area contributed by atoms with E-state index in [1.54, 1.807) is 0 Å². The Morgan fingerprint density at radius 1 is 1.06 bits per heavy atom. The van der Waals surface area contributed by atoms with Gasteiger partial charge in [-0.1, -0.05) is 6.08 Å². The SMILES string of the molecule is CC=C(N(CC)CC)P(=O)(N(C)C)N(C)C. The second-order valence-electron chi connectivity index (χ2n) is 4.06. The number of hydrogen-bond acceptors (Lipinski definition) is 2. The highest BCUT2D eigenvalue weighted by atomic mass is 31.2. The highest BCUT2D eigenvalue weighted by Gasteiger charge is 2.34. The van der Waals surface area contributed by atoms with E-state index < -0.39 is 7.44 Å². The van der Waals surface area contributed by atoms with Gasteiger partial charge in [-0.15, -0.1) is 0 Å². The van der Waals surface area contributed by atoms with Crippen molar-refractivity contribution in [3.05, 3.63) is 11.5 Å². The van der Waals surface area contributed by atoms with Gasteiger partial charge < -0.3 is 4.90 Å². The van der Waals surface area contributed by atoms with Crippen molar-refractivity contribution < 1.29 is 4.57 Å². The molecule has 0 aliphatic carbocycles. The van der Waals surface area contributed by atoms with Gasteiger partial charge in [0.15, 0.2) is 0 Å². The summed E-state index contributed by atoms with van der Waals surface area (Å²) in [5.74, 6) is 0. The van der Waals surface area contributed by atoms with Crippen molar-refractivity contribution in [1.82, 2.24) is 14.2 Å². The van der Waals surface area contributed by atoms with Gasteiger partial charge in [0.25, 0.3) is 7.44 Å². The van der Waals surface area contributed by atoms with Crippen molar-refractivity contribution >= 4 is 7.44 Å². The molecule has 16 heavy (non-hydrogen) atoms. The van der Waals surface area contributed by atoms with Crippen molar-refractivity contribution in [2.45, 2.75) is 20.8 Å². The molecule has 0 atom stereocenters. The summed E-state index contributed by atoms with van der Waals surface area (Å²) in [4.78, 5) is 2.15. The molecule has 0 aromatic carbocycles. The van der Waals surface area contributed by atoms with E-state index in [9.17, 15) is 4.57 Å². The zero-order valence-corrected chi connectivity index (χ0v) is 12.6. The van der Waals surface area contributed by atoms with Gasteiger partial charge in [0.2, 0.25) is 0 Å². The minimum absolute atomic E-state index is 0.877. The van der Waals surface area contributed by atoms with Crippen LogP contribution in [0, 0.1) is 0 Å². The van der Waals surface area contributed by atoms with Crippen molar-refractivity contribution in [3.8, 4) is 0 Å². The van der Waals surface area contributed by atoms with E-state index in [1.807, 2.05) is 50.5 Å². The Hall–Kier alpha value is -0.310. The molecule has 0 aromatic rings. The highest BCUT2D eigenvalue weighted by Crippen LogP contribution is 2.57. The van der Waals surface area contributed by atoms with Crippen LogP contribution in [-0.2, 0) is 4.57 Å². The molecule has 0 amide bonds. The molecule has 4 nitrogen and oxygen atoms in total. The van der Waals surface area contributed by atoms with Crippen LogP contribution < -0.4 is 0 Å². The van der Waals surface area contributed by atoms with Crippen LogP contribution in [0.25, 0.3) is 0 Å². The Morgan fingerprint density at radius 3 is 1.62 bits per heavy atom. The molecule has 0 saturated carbocycles. The molecule has 0 unspecified atom stereocenters. The number of allylic oxidation sites excluding steroid dienone is 1. The fourth-order valence-corrected chi connectivity index (χ4v) is 4.37. The van der Waals surface area contributed by atoms with E-state index >= 15 is 0 Å². The predicted octanol–water partition coefficient (Wildman–Crippen LogP) is 2.51. The minimum atomic E-state index is -2.61. The van der Waals surface area contributed by atoms with Crippen LogP contribution in [0.5, 0.6) is 0 Å². The zero-order valence-electron chi connectivity index (χ0n) is 11.7. The molecule has 0 bridgehead atoms. The average Bonchev–Trinajstić information content (AvgIpc) is 2.23. The van der Waals surface area contributed by atoms with Gasteiger partial charge in [0.1, 0.15) is 0 Å². The summed E-state index contributed by atoms with van der Waals surface area (Å²) in [6, 6.07) is 0. The summed E-state index contributed by atoms with van der Waals surface area (Å²) in [6.45, 7) is 7.88. The van der Waals surface area contributed by atoms with Crippen molar-refractivity contribution in [1.29, 1.82) is 0 Å². The largest absolute Gasteiger partial charge is 0.367 e. The maximum atomic E-state index is 13.0.